The van der Waals surface area contributed by atoms with E-state index in [4.69, 9.17) is 0 Å². The highest BCUT2D eigenvalue weighted by Gasteiger charge is 2.05. The number of nitrogens with zero attached hydrogens (tertiary/aromatic N) is 2. The van der Waals surface area contributed by atoms with Crippen molar-refractivity contribution in [3.05, 3.63) is 12.2 Å². The normalized spacial score (nSPS) is 12.7. The molecule has 0 bridgehead atoms. The van der Waals surface area contributed by atoms with E-state index in [0.717, 1.165) is 5.57 Å². The first kappa shape index (κ1) is 10.7. The third-order valence-corrected chi connectivity index (χ3v) is 1.16. The molecule has 0 amide bonds. The van der Waals surface area contributed by atoms with Crippen molar-refractivity contribution in [3.8, 4) is 0 Å². The van der Waals surface area contributed by atoms with Gasteiger partial charge >= 0.3 is 0 Å². The maximum atomic E-state index is 4.62. The van der Waals surface area contributed by atoms with Gasteiger partial charge in [0.2, 0.25) is 0 Å². The topological polar surface area (TPSA) is 43.2 Å². The van der Waals surface area contributed by atoms with E-state index >= 15 is 0 Å². The zero-order valence-corrected chi connectivity index (χ0v) is 7.92. The van der Waals surface area contributed by atoms with Crippen molar-refractivity contribution in [3.63, 3.8) is 0 Å². The standard InChI is InChI=1S/C8H14N2O2/c1-6(2)8(10-12-5)7(3)9-11-4/h1H2,2-5H3/b9-7-,10-8+. The molecule has 4 nitrogen and oxygen atoms in total. The van der Waals surface area contributed by atoms with Gasteiger partial charge in [-0.1, -0.05) is 16.9 Å². The zero-order chi connectivity index (χ0) is 9.56. The van der Waals surface area contributed by atoms with Gasteiger partial charge in [-0.15, -0.1) is 0 Å². The van der Waals surface area contributed by atoms with Gasteiger partial charge in [-0.2, -0.15) is 0 Å². The van der Waals surface area contributed by atoms with Crippen LogP contribution in [0.1, 0.15) is 13.8 Å². The molecule has 0 unspecified atom stereocenters. The van der Waals surface area contributed by atoms with E-state index in [1.165, 1.54) is 14.2 Å². The summed E-state index contributed by atoms with van der Waals surface area (Å²) in [5.41, 5.74) is 2.04. The molecule has 0 rings (SSSR count). The Balaban J connectivity index is 4.64. The molecule has 12 heavy (non-hydrogen) atoms. The van der Waals surface area contributed by atoms with E-state index in [9.17, 15) is 0 Å². The van der Waals surface area contributed by atoms with Crippen molar-refractivity contribution in [2.45, 2.75) is 13.8 Å². The SMILES string of the molecule is C=C(C)C(=N\OC)/C(C)=N\OC. The molecule has 0 aromatic heterocycles. The van der Waals surface area contributed by atoms with Crippen LogP contribution in [0.5, 0.6) is 0 Å². The van der Waals surface area contributed by atoms with Gasteiger partial charge in [-0.25, -0.2) is 0 Å². The Morgan fingerprint density at radius 1 is 1.08 bits per heavy atom. The number of oxime groups is 2. The van der Waals surface area contributed by atoms with Crippen LogP contribution in [-0.2, 0) is 9.68 Å². The lowest BCUT2D eigenvalue weighted by Gasteiger charge is -2.02. The van der Waals surface area contributed by atoms with Crippen LogP contribution >= 0.6 is 0 Å². The van der Waals surface area contributed by atoms with Crippen LogP contribution in [0.4, 0.5) is 0 Å². The van der Waals surface area contributed by atoms with Gasteiger partial charge in [0.05, 0.1) is 0 Å². The van der Waals surface area contributed by atoms with Gasteiger partial charge in [-0.3, -0.25) is 0 Å². The highest BCUT2D eigenvalue weighted by molar-refractivity contribution is 6.47. The maximum absolute atomic E-state index is 4.62. The maximum Gasteiger partial charge on any atom is 0.129 e. The van der Waals surface area contributed by atoms with E-state index in [2.05, 4.69) is 26.6 Å². The van der Waals surface area contributed by atoms with Crippen molar-refractivity contribution in [2.75, 3.05) is 14.2 Å². The average molecular weight is 170 g/mol. The Hall–Kier alpha value is -1.32. The molecule has 4 heteroatoms. The summed E-state index contributed by atoms with van der Waals surface area (Å²) in [6.07, 6.45) is 0. The van der Waals surface area contributed by atoms with Crippen molar-refractivity contribution in [1.29, 1.82) is 0 Å². The molecule has 0 aliphatic heterocycles. The van der Waals surface area contributed by atoms with E-state index in [1.54, 1.807) is 6.92 Å². The molecular weight excluding hydrogens is 156 g/mol. The lowest BCUT2D eigenvalue weighted by atomic mass is 10.1. The highest BCUT2D eigenvalue weighted by Crippen LogP contribution is 1.97. The van der Waals surface area contributed by atoms with Crippen molar-refractivity contribution < 1.29 is 9.68 Å². The predicted octanol–water partition coefficient (Wildman–Crippen LogP) is 1.59. The number of rotatable bonds is 4. The second kappa shape index (κ2) is 5.35. The molecule has 0 aliphatic carbocycles. The predicted molar refractivity (Wildman–Crippen MR) is 49.4 cm³/mol. The fraction of sp³-hybridized carbons (Fsp3) is 0.500. The van der Waals surface area contributed by atoms with Gasteiger partial charge < -0.3 is 9.68 Å². The Kier molecular flexibility index (Phi) is 4.76. The summed E-state index contributed by atoms with van der Waals surface area (Å²) in [6, 6.07) is 0. The second-order valence-corrected chi connectivity index (χ2v) is 2.26. The van der Waals surface area contributed by atoms with Crippen LogP contribution in [-0.4, -0.2) is 25.6 Å². The molecule has 68 valence electrons. The largest absolute Gasteiger partial charge is 0.399 e. The molecule has 0 aromatic rings. The summed E-state index contributed by atoms with van der Waals surface area (Å²) in [4.78, 5) is 9.22. The molecule has 0 saturated heterocycles. The third kappa shape index (κ3) is 3.18. The van der Waals surface area contributed by atoms with E-state index in [0.29, 0.717) is 11.4 Å². The highest BCUT2D eigenvalue weighted by atomic mass is 16.6. The zero-order valence-electron chi connectivity index (χ0n) is 7.92. The monoisotopic (exact) mass is 170 g/mol. The van der Waals surface area contributed by atoms with Crippen molar-refractivity contribution >= 4 is 11.4 Å². The number of hydrogen-bond donors (Lipinski definition) is 0. The summed E-state index contributed by atoms with van der Waals surface area (Å²) in [7, 11) is 2.95. The average Bonchev–Trinajstić information content (AvgIpc) is 1.99. The minimum Gasteiger partial charge on any atom is -0.399 e. The quantitative estimate of drug-likeness (QED) is 0.475. The van der Waals surface area contributed by atoms with E-state index in [1.807, 2.05) is 6.92 Å². The molecule has 0 radical (unpaired) electrons. The van der Waals surface area contributed by atoms with Gasteiger partial charge in [0, 0.05) is 0 Å². The number of hydrogen-bond acceptors (Lipinski definition) is 4. The Morgan fingerprint density at radius 2 is 1.58 bits per heavy atom. The summed E-state index contributed by atoms with van der Waals surface area (Å²) in [6.45, 7) is 7.33. The molecule has 0 saturated carbocycles. The van der Waals surface area contributed by atoms with Gasteiger partial charge in [-0.05, 0) is 19.4 Å². The fourth-order valence-corrected chi connectivity index (χ4v) is 0.724. The molecule has 0 aromatic carbocycles. The summed E-state index contributed by atoms with van der Waals surface area (Å²) in [5.74, 6) is 0. The molecule has 0 atom stereocenters. The summed E-state index contributed by atoms with van der Waals surface area (Å²) in [5, 5.41) is 7.46. The smallest absolute Gasteiger partial charge is 0.129 e. The van der Waals surface area contributed by atoms with Crippen LogP contribution in [0, 0.1) is 0 Å². The van der Waals surface area contributed by atoms with Gasteiger partial charge in [0.25, 0.3) is 0 Å². The lowest BCUT2D eigenvalue weighted by Crippen LogP contribution is -2.12. The molecule has 0 aliphatic rings. The van der Waals surface area contributed by atoms with Crippen molar-refractivity contribution in [1.82, 2.24) is 0 Å². The first-order valence-electron chi connectivity index (χ1n) is 3.48. The minimum atomic E-state index is 0.611. The summed E-state index contributed by atoms with van der Waals surface area (Å²) < 4.78 is 0. The fourth-order valence-electron chi connectivity index (χ4n) is 0.724. The summed E-state index contributed by atoms with van der Waals surface area (Å²) >= 11 is 0. The molecule has 0 fully saturated rings. The van der Waals surface area contributed by atoms with E-state index < -0.39 is 0 Å². The lowest BCUT2D eigenvalue weighted by molar-refractivity contribution is 0.210. The van der Waals surface area contributed by atoms with Crippen LogP contribution in [0.2, 0.25) is 0 Å². The van der Waals surface area contributed by atoms with E-state index in [-0.39, 0.29) is 0 Å². The van der Waals surface area contributed by atoms with Gasteiger partial charge in [0.1, 0.15) is 25.6 Å². The van der Waals surface area contributed by atoms with Gasteiger partial charge in [0.15, 0.2) is 0 Å². The Morgan fingerprint density at radius 3 is 1.92 bits per heavy atom. The molecular formula is C8H14N2O2. The molecule has 0 heterocycles. The van der Waals surface area contributed by atoms with Crippen LogP contribution in [0.25, 0.3) is 0 Å². The van der Waals surface area contributed by atoms with Crippen LogP contribution in [0.15, 0.2) is 22.5 Å². The Bertz CT molecular complexity index is 219. The van der Waals surface area contributed by atoms with Crippen LogP contribution in [0.3, 0.4) is 0 Å². The number of allylic oxidation sites excluding steroid dienone is 1. The Labute approximate surface area is 72.5 Å². The molecule has 0 spiro atoms. The molecule has 0 N–H and O–H groups in total. The van der Waals surface area contributed by atoms with Crippen LogP contribution < -0.4 is 0 Å². The first-order valence-corrected chi connectivity index (χ1v) is 3.48. The third-order valence-electron chi connectivity index (χ3n) is 1.16. The second-order valence-electron chi connectivity index (χ2n) is 2.26. The first-order chi connectivity index (χ1) is 5.63. The minimum absolute atomic E-state index is 0.611. The van der Waals surface area contributed by atoms with Crippen molar-refractivity contribution in [2.24, 2.45) is 10.3 Å².